The first-order valence-electron chi connectivity index (χ1n) is 7.90. The van der Waals surface area contributed by atoms with E-state index in [0.717, 1.165) is 11.1 Å². The van der Waals surface area contributed by atoms with Crippen molar-refractivity contribution in [1.82, 2.24) is 5.32 Å². The van der Waals surface area contributed by atoms with Gasteiger partial charge in [-0.05, 0) is 30.7 Å². The van der Waals surface area contributed by atoms with Crippen LogP contribution in [-0.4, -0.2) is 25.5 Å². The molecule has 0 spiro atoms. The molecule has 2 aromatic rings. The van der Waals surface area contributed by atoms with Gasteiger partial charge in [0.1, 0.15) is 12.4 Å². The highest BCUT2D eigenvalue weighted by Crippen LogP contribution is 2.21. The van der Waals surface area contributed by atoms with E-state index in [4.69, 9.17) is 9.47 Å². The van der Waals surface area contributed by atoms with Gasteiger partial charge in [-0.2, -0.15) is 0 Å². The molecule has 1 amide bonds. The summed E-state index contributed by atoms with van der Waals surface area (Å²) in [6.45, 7) is 2.05. The lowest BCUT2D eigenvalue weighted by atomic mass is 10.1. The molecule has 5 nitrogen and oxygen atoms in total. The number of Topliss-reactive ketones (excluding diaryl/α,β-unsaturated/α-hetero) is 1. The van der Waals surface area contributed by atoms with Crippen molar-refractivity contribution in [3.63, 3.8) is 0 Å². The summed E-state index contributed by atoms with van der Waals surface area (Å²) in [5, 5.41) is 2.64. The van der Waals surface area contributed by atoms with E-state index in [2.05, 4.69) is 5.32 Å². The minimum absolute atomic E-state index is 0.0140. The van der Waals surface area contributed by atoms with Gasteiger partial charge >= 0.3 is 6.09 Å². The van der Waals surface area contributed by atoms with Gasteiger partial charge in [0.05, 0.1) is 7.11 Å². The molecule has 5 heteroatoms. The van der Waals surface area contributed by atoms with Crippen molar-refractivity contribution in [2.75, 3.05) is 13.7 Å². The molecule has 1 N–H and O–H groups in total. The Morgan fingerprint density at radius 2 is 1.88 bits per heavy atom. The molecule has 0 bridgehead atoms. The molecule has 0 saturated carbocycles. The molecule has 0 aliphatic heterocycles. The van der Waals surface area contributed by atoms with E-state index in [0.29, 0.717) is 17.9 Å². The maximum atomic E-state index is 11.7. The van der Waals surface area contributed by atoms with E-state index >= 15 is 0 Å². The lowest BCUT2D eigenvalue weighted by molar-refractivity contribution is 0.101. The van der Waals surface area contributed by atoms with E-state index in [1.807, 2.05) is 30.3 Å². The first kappa shape index (κ1) is 18.3. The Kier molecular flexibility index (Phi) is 6.77. The molecule has 0 fully saturated rings. The molecule has 0 saturated heterocycles. The fourth-order valence-electron chi connectivity index (χ4n) is 2.19. The monoisotopic (exact) mass is 339 g/mol. The van der Waals surface area contributed by atoms with Gasteiger partial charge in [-0.15, -0.1) is 0 Å². The maximum absolute atomic E-state index is 11.7. The number of carbonyl (C=O) groups excluding carboxylic acids is 2. The lowest BCUT2D eigenvalue weighted by Crippen LogP contribution is -2.24. The Morgan fingerprint density at radius 1 is 1.12 bits per heavy atom. The van der Waals surface area contributed by atoms with E-state index in [-0.39, 0.29) is 12.4 Å². The summed E-state index contributed by atoms with van der Waals surface area (Å²) in [5.41, 5.74) is 2.31. The normalized spacial score (nSPS) is 10.5. The van der Waals surface area contributed by atoms with Crippen LogP contribution >= 0.6 is 0 Å². The molecular weight excluding hydrogens is 318 g/mol. The Hall–Kier alpha value is -3.08. The summed E-state index contributed by atoms with van der Waals surface area (Å²) >= 11 is 0. The number of carbonyl (C=O) groups is 2. The summed E-state index contributed by atoms with van der Waals surface area (Å²) in [7, 11) is 1.57. The third-order valence-corrected chi connectivity index (χ3v) is 3.51. The second kappa shape index (κ2) is 9.27. The minimum Gasteiger partial charge on any atom is -0.496 e. The molecular formula is C20H21NO4. The molecule has 0 aliphatic rings. The summed E-state index contributed by atoms with van der Waals surface area (Å²) in [5.74, 6) is 0.646. The second-order valence-electron chi connectivity index (χ2n) is 5.36. The number of ether oxygens (including phenoxy) is 2. The Labute approximate surface area is 147 Å². The molecule has 0 radical (unpaired) electrons. The van der Waals surface area contributed by atoms with E-state index in [1.54, 1.807) is 37.5 Å². The number of rotatable bonds is 7. The van der Waals surface area contributed by atoms with Crippen LogP contribution in [0.4, 0.5) is 4.79 Å². The summed E-state index contributed by atoms with van der Waals surface area (Å²) < 4.78 is 10.4. The molecule has 0 atom stereocenters. The number of hydrogen-bond acceptors (Lipinski definition) is 4. The lowest BCUT2D eigenvalue weighted by Gasteiger charge is -2.07. The van der Waals surface area contributed by atoms with Crippen LogP contribution in [0.5, 0.6) is 5.75 Å². The van der Waals surface area contributed by atoms with E-state index < -0.39 is 6.09 Å². The van der Waals surface area contributed by atoms with E-state index in [9.17, 15) is 9.59 Å². The maximum Gasteiger partial charge on any atom is 0.407 e. The molecule has 2 aromatic carbocycles. The number of benzene rings is 2. The van der Waals surface area contributed by atoms with Gasteiger partial charge in [-0.1, -0.05) is 42.5 Å². The quantitative estimate of drug-likeness (QED) is 0.779. The van der Waals surface area contributed by atoms with Crippen LogP contribution < -0.4 is 10.1 Å². The Morgan fingerprint density at radius 3 is 2.56 bits per heavy atom. The molecule has 0 heterocycles. The third-order valence-electron chi connectivity index (χ3n) is 3.51. The zero-order valence-electron chi connectivity index (χ0n) is 14.3. The predicted molar refractivity (Wildman–Crippen MR) is 96.7 cm³/mol. The highest BCUT2D eigenvalue weighted by Gasteiger charge is 2.05. The van der Waals surface area contributed by atoms with Crippen molar-refractivity contribution >= 4 is 18.0 Å². The van der Waals surface area contributed by atoms with Gasteiger partial charge in [0.25, 0.3) is 0 Å². The molecule has 130 valence electrons. The van der Waals surface area contributed by atoms with Crippen molar-refractivity contribution in [2.45, 2.75) is 13.5 Å². The number of hydrogen-bond donors (Lipinski definition) is 1. The topological polar surface area (TPSA) is 64.6 Å². The van der Waals surface area contributed by atoms with E-state index in [1.165, 1.54) is 6.92 Å². The zero-order chi connectivity index (χ0) is 18.1. The average Bonchev–Trinajstić information content (AvgIpc) is 2.64. The Bertz CT molecular complexity index is 754. The molecule has 0 aliphatic carbocycles. The van der Waals surface area contributed by atoms with Crippen LogP contribution in [0, 0.1) is 0 Å². The largest absolute Gasteiger partial charge is 0.496 e. The number of amides is 1. The molecule has 0 aromatic heterocycles. The number of alkyl carbamates (subject to hydrolysis) is 1. The van der Waals surface area contributed by atoms with Crippen molar-refractivity contribution in [3.8, 4) is 5.75 Å². The SMILES string of the molecule is COc1ccc(C(C)=O)cc1C=CCNC(=O)OCc1ccccc1. The smallest absolute Gasteiger partial charge is 0.407 e. The first-order valence-corrected chi connectivity index (χ1v) is 7.90. The van der Waals surface area contributed by atoms with Crippen molar-refractivity contribution in [3.05, 3.63) is 71.3 Å². The third kappa shape index (κ3) is 5.80. The predicted octanol–water partition coefficient (Wildman–Crippen LogP) is 3.84. The highest BCUT2D eigenvalue weighted by atomic mass is 16.5. The first-order chi connectivity index (χ1) is 12.1. The van der Waals surface area contributed by atoms with Crippen molar-refractivity contribution < 1.29 is 19.1 Å². The second-order valence-corrected chi connectivity index (χ2v) is 5.36. The standard InChI is InChI=1S/C20H21NO4/c1-15(22)17-10-11-19(24-2)18(13-17)9-6-12-21-20(23)25-14-16-7-4-3-5-8-16/h3-11,13H,12,14H2,1-2H3,(H,21,23). The van der Waals surface area contributed by atoms with Gasteiger partial charge in [-0.3, -0.25) is 4.79 Å². The summed E-state index contributed by atoms with van der Waals surface area (Å²) in [4.78, 5) is 23.1. The van der Waals surface area contributed by atoms with Gasteiger partial charge in [-0.25, -0.2) is 4.79 Å². The number of nitrogens with one attached hydrogen (secondary N) is 1. The van der Waals surface area contributed by atoms with Crippen LogP contribution in [0.2, 0.25) is 0 Å². The molecule has 0 unspecified atom stereocenters. The van der Waals surface area contributed by atoms with Crippen LogP contribution in [0.15, 0.2) is 54.6 Å². The van der Waals surface area contributed by atoms with Crippen LogP contribution in [0.1, 0.15) is 28.4 Å². The molecule has 25 heavy (non-hydrogen) atoms. The van der Waals surface area contributed by atoms with Crippen LogP contribution in [0.25, 0.3) is 6.08 Å². The summed E-state index contributed by atoms with van der Waals surface area (Å²) in [6.07, 6.45) is 3.08. The van der Waals surface area contributed by atoms with Gasteiger partial charge < -0.3 is 14.8 Å². The summed E-state index contributed by atoms with van der Waals surface area (Å²) in [6, 6.07) is 14.7. The molecule has 2 rings (SSSR count). The van der Waals surface area contributed by atoms with Gasteiger partial charge in [0.2, 0.25) is 0 Å². The number of methoxy groups -OCH3 is 1. The van der Waals surface area contributed by atoms with Crippen LogP contribution in [0.3, 0.4) is 0 Å². The van der Waals surface area contributed by atoms with Gasteiger partial charge in [0.15, 0.2) is 5.78 Å². The van der Waals surface area contributed by atoms with Gasteiger partial charge in [0, 0.05) is 17.7 Å². The fourth-order valence-corrected chi connectivity index (χ4v) is 2.19. The number of ketones is 1. The zero-order valence-corrected chi connectivity index (χ0v) is 14.3. The fraction of sp³-hybridized carbons (Fsp3) is 0.200. The minimum atomic E-state index is -0.488. The Balaban J connectivity index is 1.85. The van der Waals surface area contributed by atoms with Crippen molar-refractivity contribution in [2.24, 2.45) is 0 Å². The highest BCUT2D eigenvalue weighted by molar-refractivity contribution is 5.95. The van der Waals surface area contributed by atoms with Crippen LogP contribution in [-0.2, 0) is 11.3 Å². The average molecular weight is 339 g/mol. The van der Waals surface area contributed by atoms with Crippen molar-refractivity contribution in [1.29, 1.82) is 0 Å².